The summed E-state index contributed by atoms with van der Waals surface area (Å²) in [6.45, 7) is 0. The Morgan fingerprint density at radius 3 is 3.06 bits per heavy atom. The number of nitrogens with zero attached hydrogens (tertiary/aromatic N) is 1. The van der Waals surface area contributed by atoms with Crippen LogP contribution in [-0.4, -0.2) is 16.0 Å². The summed E-state index contributed by atoms with van der Waals surface area (Å²) in [5.74, 6) is 1.13. The first kappa shape index (κ1) is 10.7. The van der Waals surface area contributed by atoms with Crippen LogP contribution in [0.2, 0.25) is 0 Å². The van der Waals surface area contributed by atoms with Gasteiger partial charge in [0.25, 0.3) is 0 Å². The molecule has 1 heterocycles. The van der Waals surface area contributed by atoms with Gasteiger partial charge in [0.15, 0.2) is 0 Å². The highest BCUT2D eigenvalue weighted by molar-refractivity contribution is 5.75. The van der Waals surface area contributed by atoms with E-state index in [1.807, 2.05) is 0 Å². The first-order valence-electron chi connectivity index (χ1n) is 6.13. The average Bonchev–Trinajstić information content (AvgIpc) is 2.72. The molecule has 3 N–H and O–H groups in total. The highest BCUT2D eigenvalue weighted by Gasteiger charge is 2.23. The molecule has 0 saturated heterocycles. The van der Waals surface area contributed by atoms with Gasteiger partial charge in [-0.15, -0.1) is 0 Å². The van der Waals surface area contributed by atoms with Gasteiger partial charge in [-0.3, -0.25) is 0 Å². The molecule has 3 rings (SSSR count). The Morgan fingerprint density at radius 2 is 2.24 bits per heavy atom. The van der Waals surface area contributed by atoms with Gasteiger partial charge in [-0.05, 0) is 37.5 Å². The van der Waals surface area contributed by atoms with Gasteiger partial charge >= 0.3 is 0 Å². The minimum Gasteiger partial charge on any atom is -0.342 e. The largest absolute Gasteiger partial charge is 0.342 e. The van der Waals surface area contributed by atoms with Crippen molar-refractivity contribution in [3.8, 4) is 0 Å². The number of aromatic amines is 1. The number of nitrogens with one attached hydrogen (secondary N) is 1. The fraction of sp³-hybridized carbons (Fsp3) is 0.462. The van der Waals surface area contributed by atoms with Crippen molar-refractivity contribution in [2.75, 3.05) is 0 Å². The van der Waals surface area contributed by atoms with Crippen LogP contribution in [0.15, 0.2) is 18.2 Å². The summed E-state index contributed by atoms with van der Waals surface area (Å²) < 4.78 is 13.1. The van der Waals surface area contributed by atoms with E-state index in [9.17, 15) is 4.39 Å². The van der Waals surface area contributed by atoms with Crippen LogP contribution in [0, 0.1) is 5.82 Å². The number of imidazole rings is 1. The third-order valence-corrected chi connectivity index (χ3v) is 3.56. The summed E-state index contributed by atoms with van der Waals surface area (Å²) in [7, 11) is 0. The van der Waals surface area contributed by atoms with E-state index in [2.05, 4.69) is 9.97 Å². The standard InChI is InChI=1S/C13H16FN3/c14-9-4-5-11-12(7-9)17-13(16-11)8-2-1-3-10(15)6-8/h4-5,7-8,10H,1-3,6,15H2,(H,16,17). The second kappa shape index (κ2) is 4.11. The van der Waals surface area contributed by atoms with Gasteiger partial charge in [0.05, 0.1) is 11.0 Å². The molecule has 0 amide bonds. The fourth-order valence-electron chi connectivity index (χ4n) is 2.67. The van der Waals surface area contributed by atoms with Gasteiger partial charge < -0.3 is 10.7 Å². The van der Waals surface area contributed by atoms with E-state index >= 15 is 0 Å². The van der Waals surface area contributed by atoms with Crippen molar-refractivity contribution >= 4 is 11.0 Å². The zero-order chi connectivity index (χ0) is 11.8. The summed E-state index contributed by atoms with van der Waals surface area (Å²) in [6, 6.07) is 4.93. The molecule has 2 aromatic rings. The quantitative estimate of drug-likeness (QED) is 0.795. The van der Waals surface area contributed by atoms with Crippen molar-refractivity contribution in [2.24, 2.45) is 5.73 Å². The normalized spacial score (nSPS) is 25.3. The summed E-state index contributed by atoms with van der Waals surface area (Å²) in [4.78, 5) is 7.75. The van der Waals surface area contributed by atoms with Crippen LogP contribution < -0.4 is 5.73 Å². The van der Waals surface area contributed by atoms with Gasteiger partial charge in [0, 0.05) is 12.0 Å². The van der Waals surface area contributed by atoms with Crippen LogP contribution >= 0.6 is 0 Å². The molecule has 1 aromatic carbocycles. The van der Waals surface area contributed by atoms with Gasteiger partial charge in [0.2, 0.25) is 0 Å². The maximum absolute atomic E-state index is 13.1. The highest BCUT2D eigenvalue weighted by atomic mass is 19.1. The summed E-state index contributed by atoms with van der Waals surface area (Å²) in [5, 5.41) is 0. The number of hydrogen-bond acceptors (Lipinski definition) is 2. The number of H-pyrrole nitrogens is 1. The lowest BCUT2D eigenvalue weighted by Crippen LogP contribution is -2.27. The van der Waals surface area contributed by atoms with Crippen molar-refractivity contribution in [3.63, 3.8) is 0 Å². The molecule has 0 spiro atoms. The highest BCUT2D eigenvalue weighted by Crippen LogP contribution is 2.31. The van der Waals surface area contributed by atoms with Crippen LogP contribution in [0.3, 0.4) is 0 Å². The van der Waals surface area contributed by atoms with E-state index < -0.39 is 0 Å². The van der Waals surface area contributed by atoms with Gasteiger partial charge in [0.1, 0.15) is 11.6 Å². The molecule has 0 bridgehead atoms. The first-order chi connectivity index (χ1) is 8.22. The third-order valence-electron chi connectivity index (χ3n) is 3.56. The second-order valence-corrected chi connectivity index (χ2v) is 4.91. The molecule has 1 fully saturated rings. The van der Waals surface area contributed by atoms with E-state index in [1.54, 1.807) is 6.07 Å². The van der Waals surface area contributed by atoms with Crippen molar-refractivity contribution in [2.45, 2.75) is 37.6 Å². The molecule has 90 valence electrons. The molecule has 1 aliphatic carbocycles. The number of aromatic nitrogens is 2. The molecular weight excluding hydrogens is 217 g/mol. The molecule has 1 aliphatic rings. The molecule has 4 heteroatoms. The van der Waals surface area contributed by atoms with Crippen LogP contribution in [-0.2, 0) is 0 Å². The Kier molecular flexibility index (Phi) is 2.59. The average molecular weight is 233 g/mol. The summed E-state index contributed by atoms with van der Waals surface area (Å²) in [6.07, 6.45) is 4.35. The second-order valence-electron chi connectivity index (χ2n) is 4.91. The van der Waals surface area contributed by atoms with Crippen molar-refractivity contribution < 1.29 is 4.39 Å². The molecule has 3 nitrogen and oxygen atoms in total. The monoisotopic (exact) mass is 233 g/mol. The fourth-order valence-corrected chi connectivity index (χ4v) is 2.67. The Bertz CT molecular complexity index is 534. The Balaban J connectivity index is 1.94. The molecular formula is C13H16FN3. The van der Waals surface area contributed by atoms with Crippen LogP contribution in [0.5, 0.6) is 0 Å². The van der Waals surface area contributed by atoms with Crippen molar-refractivity contribution in [1.82, 2.24) is 9.97 Å². The van der Waals surface area contributed by atoms with Crippen LogP contribution in [0.4, 0.5) is 4.39 Å². The summed E-state index contributed by atoms with van der Waals surface area (Å²) in [5.41, 5.74) is 7.59. The van der Waals surface area contributed by atoms with Gasteiger partial charge in [-0.1, -0.05) is 6.42 Å². The molecule has 1 saturated carbocycles. The summed E-state index contributed by atoms with van der Waals surface area (Å²) >= 11 is 0. The van der Waals surface area contributed by atoms with Crippen LogP contribution in [0.1, 0.15) is 37.4 Å². The number of nitrogens with two attached hydrogens (primary N) is 1. The Morgan fingerprint density at radius 1 is 1.35 bits per heavy atom. The number of halogens is 1. The lowest BCUT2D eigenvalue weighted by Gasteiger charge is -2.24. The molecule has 17 heavy (non-hydrogen) atoms. The van der Waals surface area contributed by atoms with Crippen LogP contribution in [0.25, 0.3) is 11.0 Å². The van der Waals surface area contributed by atoms with Crippen molar-refractivity contribution in [3.05, 3.63) is 29.8 Å². The maximum atomic E-state index is 13.1. The minimum atomic E-state index is -0.229. The van der Waals surface area contributed by atoms with E-state index in [-0.39, 0.29) is 11.9 Å². The molecule has 1 aromatic heterocycles. The smallest absolute Gasteiger partial charge is 0.125 e. The topological polar surface area (TPSA) is 54.7 Å². The first-order valence-corrected chi connectivity index (χ1v) is 6.13. The Labute approximate surface area is 99.2 Å². The predicted octanol–water partition coefficient (Wildman–Crippen LogP) is 2.69. The molecule has 0 radical (unpaired) electrons. The van der Waals surface area contributed by atoms with E-state index in [0.29, 0.717) is 5.92 Å². The number of rotatable bonds is 1. The SMILES string of the molecule is NC1CCCC(c2nc3ccc(F)cc3[nH]2)C1. The van der Waals surface area contributed by atoms with Gasteiger partial charge in [-0.25, -0.2) is 9.37 Å². The van der Waals surface area contributed by atoms with Gasteiger partial charge in [-0.2, -0.15) is 0 Å². The molecule has 0 aliphatic heterocycles. The number of benzene rings is 1. The molecule has 2 atom stereocenters. The zero-order valence-corrected chi connectivity index (χ0v) is 9.62. The zero-order valence-electron chi connectivity index (χ0n) is 9.62. The third kappa shape index (κ3) is 2.05. The number of hydrogen-bond donors (Lipinski definition) is 2. The minimum absolute atomic E-state index is 0.229. The predicted molar refractivity (Wildman–Crippen MR) is 65.2 cm³/mol. The van der Waals surface area contributed by atoms with E-state index in [0.717, 1.165) is 42.5 Å². The Hall–Kier alpha value is -1.42. The van der Waals surface area contributed by atoms with Crippen molar-refractivity contribution in [1.29, 1.82) is 0 Å². The maximum Gasteiger partial charge on any atom is 0.125 e. The lowest BCUT2D eigenvalue weighted by atomic mass is 9.86. The van der Waals surface area contributed by atoms with E-state index in [4.69, 9.17) is 5.73 Å². The lowest BCUT2D eigenvalue weighted by molar-refractivity contribution is 0.384. The molecule has 2 unspecified atom stereocenters. The van der Waals surface area contributed by atoms with E-state index in [1.165, 1.54) is 12.1 Å². The number of fused-ring (bicyclic) bond motifs is 1.